The summed E-state index contributed by atoms with van der Waals surface area (Å²) in [7, 11) is 1.59. The van der Waals surface area contributed by atoms with E-state index in [4.69, 9.17) is 17.0 Å². The summed E-state index contributed by atoms with van der Waals surface area (Å²) < 4.78 is 31.5. The van der Waals surface area contributed by atoms with Gasteiger partial charge in [-0.1, -0.05) is 0 Å². The molecular formula is C15H14F2N2OS. The van der Waals surface area contributed by atoms with Gasteiger partial charge in [0, 0.05) is 11.8 Å². The van der Waals surface area contributed by atoms with Gasteiger partial charge in [0.1, 0.15) is 17.4 Å². The summed E-state index contributed by atoms with van der Waals surface area (Å²) in [5.41, 5.74) is 1.81. The van der Waals surface area contributed by atoms with Gasteiger partial charge in [-0.2, -0.15) is 0 Å². The smallest absolute Gasteiger partial charge is 0.175 e. The standard InChI is InChI=1S/C15H14F2N2OS/c1-9-7-11(20-2)4-6-13(9)18-15(21)19-14-5-3-10(16)8-12(14)17/h3-8H,1-2H3,(H2,18,19,21). The molecular weight excluding hydrogens is 294 g/mol. The number of rotatable bonds is 3. The van der Waals surface area contributed by atoms with E-state index in [-0.39, 0.29) is 10.8 Å². The zero-order valence-electron chi connectivity index (χ0n) is 11.5. The molecule has 0 radical (unpaired) electrons. The number of hydrogen-bond acceptors (Lipinski definition) is 2. The summed E-state index contributed by atoms with van der Waals surface area (Å²) in [5, 5.41) is 5.86. The third-order valence-corrected chi connectivity index (χ3v) is 3.07. The molecule has 2 aromatic rings. The Morgan fingerprint density at radius 1 is 1.05 bits per heavy atom. The molecule has 0 spiro atoms. The van der Waals surface area contributed by atoms with Crippen LogP contribution < -0.4 is 15.4 Å². The number of thiocarbonyl (C=S) groups is 1. The molecule has 2 N–H and O–H groups in total. The number of halogens is 2. The van der Waals surface area contributed by atoms with E-state index >= 15 is 0 Å². The predicted octanol–water partition coefficient (Wildman–Crippen LogP) is 4.09. The Kier molecular flexibility index (Phi) is 4.70. The first-order valence-electron chi connectivity index (χ1n) is 6.17. The molecule has 0 saturated carbocycles. The van der Waals surface area contributed by atoms with Crippen molar-refractivity contribution in [3.63, 3.8) is 0 Å². The van der Waals surface area contributed by atoms with Crippen molar-refractivity contribution in [2.45, 2.75) is 6.92 Å². The summed E-state index contributed by atoms with van der Waals surface area (Å²) >= 11 is 5.12. The molecule has 0 aliphatic heterocycles. The largest absolute Gasteiger partial charge is 0.497 e. The van der Waals surface area contributed by atoms with Crippen molar-refractivity contribution in [3.8, 4) is 5.75 Å². The summed E-state index contributed by atoms with van der Waals surface area (Å²) in [5.74, 6) is -0.602. The highest BCUT2D eigenvalue weighted by Crippen LogP contribution is 2.21. The Labute approximate surface area is 126 Å². The minimum absolute atomic E-state index is 0.111. The van der Waals surface area contributed by atoms with Gasteiger partial charge in [-0.3, -0.25) is 0 Å². The molecule has 21 heavy (non-hydrogen) atoms. The first kappa shape index (κ1) is 15.2. The van der Waals surface area contributed by atoms with Crippen molar-refractivity contribution >= 4 is 28.7 Å². The molecule has 0 bridgehead atoms. The second-order valence-corrected chi connectivity index (χ2v) is 4.79. The van der Waals surface area contributed by atoms with E-state index < -0.39 is 11.6 Å². The molecule has 0 aromatic heterocycles. The van der Waals surface area contributed by atoms with Gasteiger partial charge in [0.2, 0.25) is 0 Å². The minimum Gasteiger partial charge on any atom is -0.497 e. The zero-order chi connectivity index (χ0) is 15.4. The Morgan fingerprint density at radius 2 is 1.71 bits per heavy atom. The minimum atomic E-state index is -0.703. The molecule has 0 aliphatic rings. The molecule has 0 amide bonds. The Morgan fingerprint density at radius 3 is 2.33 bits per heavy atom. The summed E-state index contributed by atoms with van der Waals surface area (Å²) in [6.45, 7) is 1.89. The average Bonchev–Trinajstić information content (AvgIpc) is 2.44. The Balaban J connectivity index is 2.08. The van der Waals surface area contributed by atoms with Crippen LogP contribution in [0, 0.1) is 18.6 Å². The molecule has 0 fully saturated rings. The fourth-order valence-corrected chi connectivity index (χ4v) is 1.99. The molecule has 110 valence electrons. The monoisotopic (exact) mass is 308 g/mol. The van der Waals surface area contributed by atoms with Crippen molar-refractivity contribution in [1.82, 2.24) is 0 Å². The Bertz CT molecular complexity index is 677. The van der Waals surface area contributed by atoms with Gasteiger partial charge >= 0.3 is 0 Å². The van der Waals surface area contributed by atoms with Crippen LogP contribution in [0.3, 0.4) is 0 Å². The fraction of sp³-hybridized carbons (Fsp3) is 0.133. The van der Waals surface area contributed by atoms with E-state index in [2.05, 4.69) is 10.6 Å². The van der Waals surface area contributed by atoms with Crippen molar-refractivity contribution in [3.05, 3.63) is 53.6 Å². The maximum absolute atomic E-state index is 13.5. The lowest BCUT2D eigenvalue weighted by Gasteiger charge is -2.13. The second kappa shape index (κ2) is 6.49. The Hall–Kier alpha value is -2.21. The van der Waals surface area contributed by atoms with Crippen LogP contribution in [0.2, 0.25) is 0 Å². The molecule has 2 aromatic carbocycles. The third kappa shape index (κ3) is 3.88. The highest BCUT2D eigenvalue weighted by atomic mass is 32.1. The number of anilines is 2. The van der Waals surface area contributed by atoms with Gasteiger partial charge in [0.05, 0.1) is 12.8 Å². The van der Waals surface area contributed by atoms with E-state index in [9.17, 15) is 8.78 Å². The number of hydrogen-bond donors (Lipinski definition) is 2. The van der Waals surface area contributed by atoms with Crippen molar-refractivity contribution in [1.29, 1.82) is 0 Å². The quantitative estimate of drug-likeness (QED) is 0.837. The van der Waals surface area contributed by atoms with Crippen LogP contribution in [0.4, 0.5) is 20.2 Å². The van der Waals surface area contributed by atoms with Crippen molar-refractivity contribution < 1.29 is 13.5 Å². The lowest BCUT2D eigenvalue weighted by Crippen LogP contribution is -2.20. The molecule has 2 rings (SSSR count). The first-order valence-corrected chi connectivity index (χ1v) is 6.58. The molecule has 0 heterocycles. The van der Waals surface area contributed by atoms with Gasteiger partial charge in [-0.05, 0) is 55.0 Å². The van der Waals surface area contributed by atoms with Gasteiger partial charge in [0.25, 0.3) is 0 Å². The van der Waals surface area contributed by atoms with E-state index in [1.54, 1.807) is 13.2 Å². The SMILES string of the molecule is COc1ccc(NC(=S)Nc2ccc(F)cc2F)c(C)c1. The third-order valence-electron chi connectivity index (χ3n) is 2.86. The summed E-state index contributed by atoms with van der Waals surface area (Å²) in [6, 6.07) is 8.69. The summed E-state index contributed by atoms with van der Waals surface area (Å²) in [6.07, 6.45) is 0. The van der Waals surface area contributed by atoms with Crippen LogP contribution >= 0.6 is 12.2 Å². The topological polar surface area (TPSA) is 33.3 Å². The first-order chi connectivity index (χ1) is 9.99. The highest BCUT2D eigenvalue weighted by Gasteiger charge is 2.07. The number of ether oxygens (including phenoxy) is 1. The van der Waals surface area contributed by atoms with E-state index in [1.165, 1.54) is 6.07 Å². The van der Waals surface area contributed by atoms with Gasteiger partial charge < -0.3 is 15.4 Å². The maximum Gasteiger partial charge on any atom is 0.175 e. The van der Waals surface area contributed by atoms with E-state index in [0.29, 0.717) is 0 Å². The number of nitrogens with one attached hydrogen (secondary N) is 2. The number of aryl methyl sites for hydroxylation is 1. The molecule has 6 heteroatoms. The van der Waals surface area contributed by atoms with Crippen LogP contribution in [-0.4, -0.2) is 12.2 Å². The van der Waals surface area contributed by atoms with Gasteiger partial charge in [0.15, 0.2) is 5.11 Å². The molecule has 0 unspecified atom stereocenters. The van der Waals surface area contributed by atoms with Gasteiger partial charge in [-0.25, -0.2) is 8.78 Å². The van der Waals surface area contributed by atoms with Crippen LogP contribution in [0.15, 0.2) is 36.4 Å². The van der Waals surface area contributed by atoms with Gasteiger partial charge in [-0.15, -0.1) is 0 Å². The van der Waals surface area contributed by atoms with Crippen LogP contribution in [0.5, 0.6) is 5.75 Å². The van der Waals surface area contributed by atoms with Crippen molar-refractivity contribution in [2.24, 2.45) is 0 Å². The number of benzene rings is 2. The zero-order valence-corrected chi connectivity index (χ0v) is 12.4. The second-order valence-electron chi connectivity index (χ2n) is 4.38. The normalized spacial score (nSPS) is 10.1. The lowest BCUT2D eigenvalue weighted by atomic mass is 10.2. The van der Waals surface area contributed by atoms with Crippen LogP contribution in [0.25, 0.3) is 0 Å². The highest BCUT2D eigenvalue weighted by molar-refractivity contribution is 7.80. The average molecular weight is 308 g/mol. The summed E-state index contributed by atoms with van der Waals surface area (Å²) in [4.78, 5) is 0. The maximum atomic E-state index is 13.5. The molecule has 0 aliphatic carbocycles. The fourth-order valence-electron chi connectivity index (χ4n) is 1.77. The van der Waals surface area contributed by atoms with Crippen molar-refractivity contribution in [2.75, 3.05) is 17.7 Å². The lowest BCUT2D eigenvalue weighted by molar-refractivity contribution is 0.414. The number of methoxy groups -OCH3 is 1. The van der Waals surface area contributed by atoms with Crippen LogP contribution in [-0.2, 0) is 0 Å². The van der Waals surface area contributed by atoms with E-state index in [0.717, 1.165) is 29.1 Å². The van der Waals surface area contributed by atoms with E-state index in [1.807, 2.05) is 19.1 Å². The predicted molar refractivity (Wildman–Crippen MR) is 83.9 cm³/mol. The molecule has 3 nitrogen and oxygen atoms in total. The molecule has 0 saturated heterocycles. The molecule has 0 atom stereocenters. The van der Waals surface area contributed by atoms with Crippen LogP contribution in [0.1, 0.15) is 5.56 Å².